The Bertz CT molecular complexity index is 248. The van der Waals surface area contributed by atoms with Gasteiger partial charge in [0, 0.05) is 11.9 Å². The van der Waals surface area contributed by atoms with Crippen molar-refractivity contribution in [3.05, 3.63) is 35.4 Å². The van der Waals surface area contributed by atoms with Crippen molar-refractivity contribution in [2.75, 3.05) is 11.9 Å². The van der Waals surface area contributed by atoms with Gasteiger partial charge < -0.3 is 4.74 Å². The summed E-state index contributed by atoms with van der Waals surface area (Å²) in [5, 5.41) is 1.01. The lowest BCUT2D eigenvalue weighted by molar-refractivity contribution is 0.122. The van der Waals surface area contributed by atoms with Gasteiger partial charge in [-0.15, -0.1) is 0 Å². The van der Waals surface area contributed by atoms with E-state index in [0.29, 0.717) is 0 Å². The maximum atomic E-state index is 5.49. The molecule has 2 heteroatoms. The topological polar surface area (TPSA) is 9.23 Å². The predicted molar refractivity (Wildman–Crippen MR) is 59.2 cm³/mol. The van der Waals surface area contributed by atoms with E-state index in [1.165, 1.54) is 11.1 Å². The lowest BCUT2D eigenvalue weighted by atomic mass is 10.1. The highest BCUT2D eigenvalue weighted by atomic mass is 79.9. The van der Waals surface area contributed by atoms with Gasteiger partial charge in [0.1, 0.15) is 0 Å². The van der Waals surface area contributed by atoms with Crippen molar-refractivity contribution in [1.29, 1.82) is 0 Å². The fourth-order valence-corrected chi connectivity index (χ4v) is 1.38. The zero-order valence-corrected chi connectivity index (χ0v) is 9.51. The van der Waals surface area contributed by atoms with Crippen LogP contribution in [0.25, 0.3) is 0 Å². The SMILES string of the molecule is Cc1cccc(COCCCBr)c1. The summed E-state index contributed by atoms with van der Waals surface area (Å²) in [7, 11) is 0. The number of aryl methyl sites for hydroxylation is 1. The third-order valence-corrected chi connectivity index (χ3v) is 2.33. The number of rotatable bonds is 5. The Balaban J connectivity index is 2.28. The highest BCUT2D eigenvalue weighted by Gasteiger charge is 1.92. The molecular weight excluding hydrogens is 228 g/mol. The van der Waals surface area contributed by atoms with Gasteiger partial charge in [0.25, 0.3) is 0 Å². The number of alkyl halides is 1. The Labute approximate surface area is 88.2 Å². The minimum atomic E-state index is 0.731. The smallest absolute Gasteiger partial charge is 0.0716 e. The number of halogens is 1. The monoisotopic (exact) mass is 242 g/mol. The standard InChI is InChI=1S/C11H15BrO/c1-10-4-2-5-11(8-10)9-13-7-3-6-12/h2,4-5,8H,3,6-7,9H2,1H3. The van der Waals surface area contributed by atoms with Crippen LogP contribution in [0, 0.1) is 6.92 Å². The van der Waals surface area contributed by atoms with Gasteiger partial charge in [-0.2, -0.15) is 0 Å². The molecule has 0 bridgehead atoms. The van der Waals surface area contributed by atoms with Crippen LogP contribution in [0.1, 0.15) is 17.5 Å². The lowest BCUT2D eigenvalue weighted by Crippen LogP contribution is -1.95. The van der Waals surface area contributed by atoms with Crippen LogP contribution in [-0.4, -0.2) is 11.9 Å². The van der Waals surface area contributed by atoms with E-state index in [1.807, 2.05) is 0 Å². The van der Waals surface area contributed by atoms with Gasteiger partial charge in [0.15, 0.2) is 0 Å². The summed E-state index contributed by atoms with van der Waals surface area (Å²) in [5.41, 5.74) is 2.55. The summed E-state index contributed by atoms with van der Waals surface area (Å²) in [6.45, 7) is 3.66. The summed E-state index contributed by atoms with van der Waals surface area (Å²) in [5.74, 6) is 0. The molecule has 0 aliphatic carbocycles. The van der Waals surface area contributed by atoms with Crippen LogP contribution in [0.3, 0.4) is 0 Å². The summed E-state index contributed by atoms with van der Waals surface area (Å²) in [4.78, 5) is 0. The van der Waals surface area contributed by atoms with Crippen molar-refractivity contribution < 1.29 is 4.74 Å². The zero-order chi connectivity index (χ0) is 9.52. The predicted octanol–water partition coefficient (Wildman–Crippen LogP) is 3.30. The van der Waals surface area contributed by atoms with Crippen molar-refractivity contribution in [2.45, 2.75) is 20.0 Å². The molecule has 0 saturated carbocycles. The van der Waals surface area contributed by atoms with Crippen LogP contribution in [0.5, 0.6) is 0 Å². The summed E-state index contributed by atoms with van der Waals surface area (Å²) >= 11 is 3.37. The third kappa shape index (κ3) is 4.44. The van der Waals surface area contributed by atoms with Crippen molar-refractivity contribution in [3.63, 3.8) is 0 Å². The van der Waals surface area contributed by atoms with E-state index in [-0.39, 0.29) is 0 Å². The first-order valence-corrected chi connectivity index (χ1v) is 5.64. The van der Waals surface area contributed by atoms with Gasteiger partial charge in [-0.05, 0) is 18.9 Å². The first-order chi connectivity index (χ1) is 6.33. The molecule has 0 spiro atoms. The van der Waals surface area contributed by atoms with E-state index >= 15 is 0 Å². The van der Waals surface area contributed by atoms with Crippen molar-refractivity contribution in [1.82, 2.24) is 0 Å². The molecule has 0 radical (unpaired) electrons. The highest BCUT2D eigenvalue weighted by Crippen LogP contribution is 2.05. The van der Waals surface area contributed by atoms with Crippen molar-refractivity contribution in [2.24, 2.45) is 0 Å². The Morgan fingerprint density at radius 2 is 2.23 bits per heavy atom. The molecule has 1 aromatic carbocycles. The lowest BCUT2D eigenvalue weighted by Gasteiger charge is -2.03. The average molecular weight is 243 g/mol. The molecule has 1 rings (SSSR count). The van der Waals surface area contributed by atoms with Gasteiger partial charge >= 0.3 is 0 Å². The Kier molecular flexibility index (Phi) is 5.09. The first-order valence-electron chi connectivity index (χ1n) is 4.52. The van der Waals surface area contributed by atoms with Crippen LogP contribution in [-0.2, 0) is 11.3 Å². The largest absolute Gasteiger partial charge is 0.377 e. The quantitative estimate of drug-likeness (QED) is 0.569. The average Bonchev–Trinajstić information content (AvgIpc) is 2.13. The number of benzene rings is 1. The summed E-state index contributed by atoms with van der Waals surface area (Å²) in [6.07, 6.45) is 1.08. The minimum absolute atomic E-state index is 0.731. The van der Waals surface area contributed by atoms with E-state index < -0.39 is 0 Å². The maximum Gasteiger partial charge on any atom is 0.0716 e. The molecule has 0 aromatic heterocycles. The molecule has 0 fully saturated rings. The minimum Gasteiger partial charge on any atom is -0.377 e. The van der Waals surface area contributed by atoms with Crippen LogP contribution in [0.2, 0.25) is 0 Å². The molecule has 0 amide bonds. The van der Waals surface area contributed by atoms with E-state index in [2.05, 4.69) is 47.1 Å². The normalized spacial score (nSPS) is 10.3. The Morgan fingerprint density at radius 3 is 2.92 bits per heavy atom. The molecule has 0 heterocycles. The molecule has 0 unspecified atom stereocenters. The fraction of sp³-hybridized carbons (Fsp3) is 0.455. The highest BCUT2D eigenvalue weighted by molar-refractivity contribution is 9.09. The van der Waals surface area contributed by atoms with Crippen LogP contribution < -0.4 is 0 Å². The molecule has 0 aliphatic rings. The molecule has 0 aliphatic heterocycles. The summed E-state index contributed by atoms with van der Waals surface area (Å²) in [6, 6.07) is 8.43. The van der Waals surface area contributed by atoms with Crippen LogP contribution in [0.4, 0.5) is 0 Å². The molecule has 0 saturated heterocycles. The molecule has 13 heavy (non-hydrogen) atoms. The third-order valence-electron chi connectivity index (χ3n) is 1.77. The number of ether oxygens (including phenoxy) is 1. The summed E-state index contributed by atoms with van der Waals surface area (Å²) < 4.78 is 5.49. The van der Waals surface area contributed by atoms with Gasteiger partial charge in [0.2, 0.25) is 0 Å². The Hall–Kier alpha value is -0.340. The molecule has 0 atom stereocenters. The van der Waals surface area contributed by atoms with E-state index in [0.717, 1.165) is 25.0 Å². The van der Waals surface area contributed by atoms with Gasteiger partial charge in [-0.3, -0.25) is 0 Å². The number of hydrogen-bond donors (Lipinski definition) is 0. The molecule has 1 nitrogen and oxygen atoms in total. The zero-order valence-electron chi connectivity index (χ0n) is 7.92. The Morgan fingerprint density at radius 1 is 1.38 bits per heavy atom. The van der Waals surface area contributed by atoms with E-state index in [4.69, 9.17) is 4.74 Å². The second kappa shape index (κ2) is 6.17. The second-order valence-corrected chi connectivity index (χ2v) is 3.88. The van der Waals surface area contributed by atoms with E-state index in [9.17, 15) is 0 Å². The second-order valence-electron chi connectivity index (χ2n) is 3.08. The van der Waals surface area contributed by atoms with Crippen LogP contribution in [0.15, 0.2) is 24.3 Å². The van der Waals surface area contributed by atoms with Gasteiger partial charge in [0.05, 0.1) is 6.61 Å². The molecule has 0 N–H and O–H groups in total. The van der Waals surface area contributed by atoms with Crippen molar-refractivity contribution in [3.8, 4) is 0 Å². The number of hydrogen-bond acceptors (Lipinski definition) is 1. The fourth-order valence-electron chi connectivity index (χ4n) is 1.15. The maximum absolute atomic E-state index is 5.49. The van der Waals surface area contributed by atoms with Crippen molar-refractivity contribution >= 4 is 15.9 Å². The van der Waals surface area contributed by atoms with Gasteiger partial charge in [-0.1, -0.05) is 45.8 Å². The van der Waals surface area contributed by atoms with Crippen LogP contribution >= 0.6 is 15.9 Å². The first kappa shape index (κ1) is 10.7. The van der Waals surface area contributed by atoms with Gasteiger partial charge in [-0.25, -0.2) is 0 Å². The molecule has 72 valence electrons. The van der Waals surface area contributed by atoms with E-state index in [1.54, 1.807) is 0 Å². The molecular formula is C11H15BrO. The molecule has 1 aromatic rings.